The Morgan fingerprint density at radius 2 is 2.05 bits per heavy atom. The van der Waals surface area contributed by atoms with Crippen LogP contribution >= 0.6 is 0 Å². The Kier molecular flexibility index (Phi) is 2.82. The minimum Gasteiger partial charge on any atom is -0.366 e. The molecule has 0 N–H and O–H groups in total. The molecule has 0 saturated carbocycles. The number of aromatic nitrogens is 4. The Hall–Kier alpha value is -2.51. The first-order valence-electron chi connectivity index (χ1n) is 6.02. The molecule has 19 heavy (non-hydrogen) atoms. The van der Waals surface area contributed by atoms with Crippen LogP contribution < -0.4 is 4.90 Å². The van der Waals surface area contributed by atoms with Crippen molar-refractivity contribution < 1.29 is 4.92 Å². The Balaban J connectivity index is 2.04. The maximum absolute atomic E-state index is 11.2. The molecule has 8 heteroatoms. The zero-order chi connectivity index (χ0) is 13.2. The van der Waals surface area contributed by atoms with E-state index in [1.807, 2.05) is 4.90 Å². The van der Waals surface area contributed by atoms with Gasteiger partial charge in [-0.25, -0.2) is 4.68 Å². The van der Waals surface area contributed by atoms with E-state index in [-0.39, 0.29) is 10.6 Å². The third kappa shape index (κ3) is 2.12. The minimum absolute atomic E-state index is 0.0925. The molecule has 1 aliphatic heterocycles. The lowest BCUT2D eigenvalue weighted by molar-refractivity contribution is -0.384. The van der Waals surface area contributed by atoms with Gasteiger partial charge in [0, 0.05) is 19.2 Å². The van der Waals surface area contributed by atoms with E-state index in [1.54, 1.807) is 12.1 Å². The molecule has 0 bridgehead atoms. The molecule has 1 aromatic heterocycles. The molecule has 0 unspecified atom stereocenters. The van der Waals surface area contributed by atoms with Gasteiger partial charge in [-0.1, -0.05) is 0 Å². The van der Waals surface area contributed by atoms with Gasteiger partial charge in [0.25, 0.3) is 5.69 Å². The summed E-state index contributed by atoms with van der Waals surface area (Å²) in [7, 11) is 0. The summed E-state index contributed by atoms with van der Waals surface area (Å²) in [5, 5.41) is 22.0. The predicted molar refractivity (Wildman–Crippen MR) is 67.3 cm³/mol. The van der Waals surface area contributed by atoms with Crippen LogP contribution in [-0.4, -0.2) is 38.2 Å². The molecule has 98 valence electrons. The highest BCUT2D eigenvalue weighted by atomic mass is 16.6. The Morgan fingerprint density at radius 3 is 2.68 bits per heavy atom. The highest BCUT2D eigenvalue weighted by Crippen LogP contribution is 2.32. The fourth-order valence-electron chi connectivity index (χ4n) is 2.31. The van der Waals surface area contributed by atoms with E-state index in [9.17, 15) is 10.1 Å². The van der Waals surface area contributed by atoms with Crippen LogP contribution in [-0.2, 0) is 0 Å². The zero-order valence-electron chi connectivity index (χ0n) is 10.1. The molecule has 1 saturated heterocycles. The lowest BCUT2D eigenvalue weighted by atomic mass is 10.2. The zero-order valence-corrected chi connectivity index (χ0v) is 10.1. The molecular weight excluding hydrogens is 248 g/mol. The summed E-state index contributed by atoms with van der Waals surface area (Å²) in [6.07, 6.45) is 3.56. The second kappa shape index (κ2) is 4.63. The molecule has 0 atom stereocenters. The van der Waals surface area contributed by atoms with Gasteiger partial charge in [0.1, 0.15) is 12.0 Å². The largest absolute Gasteiger partial charge is 0.366 e. The Labute approximate surface area is 108 Å². The molecule has 8 nitrogen and oxygen atoms in total. The van der Waals surface area contributed by atoms with Crippen LogP contribution in [0.2, 0.25) is 0 Å². The number of hydrogen-bond donors (Lipinski definition) is 0. The van der Waals surface area contributed by atoms with E-state index < -0.39 is 0 Å². The number of tetrazole rings is 1. The molecule has 0 radical (unpaired) electrons. The van der Waals surface area contributed by atoms with Crippen molar-refractivity contribution in [2.45, 2.75) is 12.8 Å². The van der Waals surface area contributed by atoms with Gasteiger partial charge in [-0.15, -0.1) is 5.10 Å². The van der Waals surface area contributed by atoms with E-state index >= 15 is 0 Å². The monoisotopic (exact) mass is 260 g/mol. The average molecular weight is 260 g/mol. The highest BCUT2D eigenvalue weighted by molar-refractivity contribution is 5.66. The highest BCUT2D eigenvalue weighted by Gasteiger charge is 2.22. The second-order valence-corrected chi connectivity index (χ2v) is 4.38. The fourth-order valence-corrected chi connectivity index (χ4v) is 2.31. The molecule has 0 amide bonds. The van der Waals surface area contributed by atoms with Crippen molar-refractivity contribution in [3.8, 4) is 5.69 Å². The SMILES string of the molecule is O=[N+]([O-])c1cc(-n2cnnn2)ccc1N1CCCC1. The summed E-state index contributed by atoms with van der Waals surface area (Å²) in [6, 6.07) is 5.06. The third-order valence-corrected chi connectivity index (χ3v) is 3.22. The minimum atomic E-state index is -0.360. The number of rotatable bonds is 3. The summed E-state index contributed by atoms with van der Waals surface area (Å²) < 4.78 is 1.40. The molecule has 1 aliphatic rings. The van der Waals surface area contributed by atoms with Gasteiger partial charge < -0.3 is 4.90 Å². The van der Waals surface area contributed by atoms with Crippen molar-refractivity contribution in [2.75, 3.05) is 18.0 Å². The Bertz CT molecular complexity index is 591. The summed E-state index contributed by atoms with van der Waals surface area (Å²) in [5.74, 6) is 0. The smallest absolute Gasteiger partial charge is 0.294 e. The van der Waals surface area contributed by atoms with Crippen LogP contribution in [0, 0.1) is 10.1 Å². The number of benzene rings is 1. The van der Waals surface area contributed by atoms with Gasteiger partial charge in [-0.05, 0) is 35.4 Å². The lowest BCUT2D eigenvalue weighted by Gasteiger charge is -2.17. The van der Waals surface area contributed by atoms with Gasteiger partial charge in [0.2, 0.25) is 0 Å². The number of nitrogens with zero attached hydrogens (tertiary/aromatic N) is 6. The predicted octanol–water partition coefficient (Wildman–Crippen LogP) is 1.17. The van der Waals surface area contributed by atoms with Crippen LogP contribution in [0.25, 0.3) is 5.69 Å². The standard InChI is InChI=1S/C11H12N6O2/c18-17(19)11-7-9(16-8-12-13-14-16)3-4-10(11)15-5-1-2-6-15/h3-4,7-8H,1-2,5-6H2. The van der Waals surface area contributed by atoms with Gasteiger partial charge >= 0.3 is 0 Å². The first-order valence-corrected chi connectivity index (χ1v) is 6.02. The van der Waals surface area contributed by atoms with E-state index in [1.165, 1.54) is 17.1 Å². The molecule has 0 aliphatic carbocycles. The van der Waals surface area contributed by atoms with Crippen molar-refractivity contribution in [3.05, 3.63) is 34.6 Å². The summed E-state index contributed by atoms with van der Waals surface area (Å²) >= 11 is 0. The third-order valence-electron chi connectivity index (χ3n) is 3.22. The quantitative estimate of drug-likeness (QED) is 0.607. The van der Waals surface area contributed by atoms with E-state index in [2.05, 4.69) is 15.5 Å². The Morgan fingerprint density at radius 1 is 1.26 bits per heavy atom. The van der Waals surface area contributed by atoms with E-state index in [0.29, 0.717) is 11.4 Å². The first-order chi connectivity index (χ1) is 9.25. The van der Waals surface area contributed by atoms with Gasteiger partial charge in [0.15, 0.2) is 0 Å². The topological polar surface area (TPSA) is 90.0 Å². The molecule has 3 rings (SSSR count). The maximum Gasteiger partial charge on any atom is 0.294 e. The van der Waals surface area contributed by atoms with Gasteiger partial charge in [-0.3, -0.25) is 10.1 Å². The number of hydrogen-bond acceptors (Lipinski definition) is 6. The molecular formula is C11H12N6O2. The van der Waals surface area contributed by atoms with Crippen molar-refractivity contribution in [1.29, 1.82) is 0 Å². The maximum atomic E-state index is 11.2. The van der Waals surface area contributed by atoms with Crippen LogP contribution in [0.15, 0.2) is 24.5 Å². The number of nitro benzene ring substituents is 1. The van der Waals surface area contributed by atoms with Crippen LogP contribution in [0.4, 0.5) is 11.4 Å². The average Bonchev–Trinajstić information content (AvgIpc) is 3.11. The van der Waals surface area contributed by atoms with Crippen molar-refractivity contribution in [3.63, 3.8) is 0 Å². The van der Waals surface area contributed by atoms with Crippen LogP contribution in [0.1, 0.15) is 12.8 Å². The number of anilines is 1. The van der Waals surface area contributed by atoms with E-state index in [4.69, 9.17) is 0 Å². The van der Waals surface area contributed by atoms with Gasteiger partial charge in [0.05, 0.1) is 10.6 Å². The normalized spacial score (nSPS) is 14.8. The van der Waals surface area contributed by atoms with Crippen molar-refractivity contribution in [1.82, 2.24) is 20.2 Å². The van der Waals surface area contributed by atoms with Crippen LogP contribution in [0.3, 0.4) is 0 Å². The van der Waals surface area contributed by atoms with E-state index in [0.717, 1.165) is 25.9 Å². The second-order valence-electron chi connectivity index (χ2n) is 4.38. The molecule has 1 fully saturated rings. The molecule has 0 spiro atoms. The molecule has 2 aromatic rings. The summed E-state index contributed by atoms with van der Waals surface area (Å²) in [6.45, 7) is 1.73. The summed E-state index contributed by atoms with van der Waals surface area (Å²) in [4.78, 5) is 12.9. The van der Waals surface area contributed by atoms with Crippen molar-refractivity contribution >= 4 is 11.4 Å². The first kappa shape index (κ1) is 11.6. The van der Waals surface area contributed by atoms with Crippen LogP contribution in [0.5, 0.6) is 0 Å². The number of nitro groups is 1. The fraction of sp³-hybridized carbons (Fsp3) is 0.364. The lowest BCUT2D eigenvalue weighted by Crippen LogP contribution is -2.19. The molecule has 2 heterocycles. The summed E-state index contributed by atoms with van der Waals surface area (Å²) in [5.41, 5.74) is 1.34. The van der Waals surface area contributed by atoms with Gasteiger partial charge in [-0.2, -0.15) is 0 Å². The molecule has 1 aromatic carbocycles. The van der Waals surface area contributed by atoms with Crippen molar-refractivity contribution in [2.24, 2.45) is 0 Å².